The Labute approximate surface area is 219 Å². The molecule has 5 rings (SSSR count). The molecule has 2 aliphatic carbocycles. The summed E-state index contributed by atoms with van der Waals surface area (Å²) in [6, 6.07) is 18.0. The molecular weight excluding hydrogens is 460 g/mol. The van der Waals surface area contributed by atoms with Crippen molar-refractivity contribution in [3.05, 3.63) is 77.0 Å². The molecule has 0 radical (unpaired) electrons. The topological polar surface area (TPSA) is 68.3 Å². The van der Waals surface area contributed by atoms with Gasteiger partial charge in [-0.05, 0) is 65.9 Å². The standard InChI is InChI=1S/C32H36N2O3/c1-20-16-24(18-23-11-5-4-6-12-23)31-26(17-20)30(25-13-7-8-14-28(25)34-31)32(36)37-19-29(35)33-27-15-9-10-21(2)22(27)3/h4-8,11-14,18,20-22,27H,9-10,15-17,19H2,1-3H3,(H,33,35). The van der Waals surface area contributed by atoms with E-state index in [0.29, 0.717) is 23.3 Å². The van der Waals surface area contributed by atoms with E-state index in [4.69, 9.17) is 9.72 Å². The maximum Gasteiger partial charge on any atom is 0.339 e. The zero-order chi connectivity index (χ0) is 25.9. The van der Waals surface area contributed by atoms with E-state index in [1.54, 1.807) is 0 Å². The van der Waals surface area contributed by atoms with Gasteiger partial charge in [0, 0.05) is 11.4 Å². The van der Waals surface area contributed by atoms with Gasteiger partial charge in [-0.3, -0.25) is 4.79 Å². The van der Waals surface area contributed by atoms with Crippen molar-refractivity contribution in [2.24, 2.45) is 17.8 Å². The molecular formula is C32H36N2O3. The Morgan fingerprint density at radius 2 is 1.76 bits per heavy atom. The van der Waals surface area contributed by atoms with Crippen molar-refractivity contribution >= 4 is 34.4 Å². The monoisotopic (exact) mass is 496 g/mol. The van der Waals surface area contributed by atoms with Gasteiger partial charge in [-0.15, -0.1) is 0 Å². The largest absolute Gasteiger partial charge is 0.452 e. The summed E-state index contributed by atoms with van der Waals surface area (Å²) in [5.74, 6) is 0.667. The Kier molecular flexibility index (Phi) is 7.40. The maximum absolute atomic E-state index is 13.6. The molecule has 4 unspecified atom stereocenters. The number of nitrogens with one attached hydrogen (secondary N) is 1. The van der Waals surface area contributed by atoms with E-state index < -0.39 is 5.97 Å². The van der Waals surface area contributed by atoms with E-state index in [-0.39, 0.29) is 18.6 Å². The van der Waals surface area contributed by atoms with E-state index in [1.807, 2.05) is 42.5 Å². The number of fused-ring (bicyclic) bond motifs is 2. The lowest BCUT2D eigenvalue weighted by Gasteiger charge is -2.34. The number of para-hydroxylation sites is 1. The summed E-state index contributed by atoms with van der Waals surface area (Å²) in [6.45, 7) is 6.36. The van der Waals surface area contributed by atoms with Crippen LogP contribution in [0, 0.1) is 17.8 Å². The number of carbonyl (C=O) groups excluding carboxylic acids is 2. The Balaban J connectivity index is 1.44. The quantitative estimate of drug-likeness (QED) is 0.412. The van der Waals surface area contributed by atoms with Crippen LogP contribution in [-0.4, -0.2) is 29.5 Å². The average Bonchev–Trinajstić information content (AvgIpc) is 2.89. The second-order valence-electron chi connectivity index (χ2n) is 10.9. The van der Waals surface area contributed by atoms with Crippen LogP contribution in [0.25, 0.3) is 22.6 Å². The van der Waals surface area contributed by atoms with Crippen LogP contribution in [0.4, 0.5) is 0 Å². The van der Waals surface area contributed by atoms with Crippen molar-refractivity contribution in [3.63, 3.8) is 0 Å². The van der Waals surface area contributed by atoms with E-state index in [0.717, 1.165) is 59.0 Å². The number of allylic oxidation sites excluding steroid dienone is 1. The molecule has 1 N–H and O–H groups in total. The summed E-state index contributed by atoms with van der Waals surface area (Å²) in [4.78, 5) is 31.3. The summed E-state index contributed by atoms with van der Waals surface area (Å²) in [5.41, 5.74) is 5.31. The number of benzene rings is 2. The highest BCUT2D eigenvalue weighted by Gasteiger charge is 2.30. The van der Waals surface area contributed by atoms with Crippen LogP contribution < -0.4 is 5.32 Å². The third kappa shape index (κ3) is 5.46. The fourth-order valence-corrected chi connectivity index (χ4v) is 5.96. The van der Waals surface area contributed by atoms with Crippen molar-refractivity contribution in [2.75, 3.05) is 6.61 Å². The third-order valence-corrected chi connectivity index (χ3v) is 8.15. The Morgan fingerprint density at radius 3 is 2.57 bits per heavy atom. The van der Waals surface area contributed by atoms with Gasteiger partial charge in [0.15, 0.2) is 6.61 Å². The minimum Gasteiger partial charge on any atom is -0.452 e. The molecule has 0 bridgehead atoms. The first-order valence-electron chi connectivity index (χ1n) is 13.5. The lowest BCUT2D eigenvalue weighted by Crippen LogP contribution is -2.45. The number of carbonyl (C=O) groups is 2. The number of nitrogens with zero attached hydrogens (tertiary/aromatic N) is 1. The smallest absolute Gasteiger partial charge is 0.339 e. The predicted molar refractivity (Wildman–Crippen MR) is 148 cm³/mol. The molecule has 5 nitrogen and oxygen atoms in total. The van der Waals surface area contributed by atoms with Crippen molar-refractivity contribution < 1.29 is 14.3 Å². The number of esters is 1. The fourth-order valence-electron chi connectivity index (χ4n) is 5.96. The highest BCUT2D eigenvalue weighted by molar-refractivity contribution is 6.07. The summed E-state index contributed by atoms with van der Waals surface area (Å²) < 4.78 is 5.66. The molecule has 5 heteroatoms. The number of hydrogen-bond donors (Lipinski definition) is 1. The number of amides is 1. The lowest BCUT2D eigenvalue weighted by atomic mass is 9.78. The number of rotatable bonds is 5. The Bertz CT molecular complexity index is 1330. The number of hydrogen-bond acceptors (Lipinski definition) is 4. The molecule has 1 saturated carbocycles. The molecule has 0 aliphatic heterocycles. The van der Waals surface area contributed by atoms with Gasteiger partial charge < -0.3 is 10.1 Å². The van der Waals surface area contributed by atoms with Crippen LogP contribution in [-0.2, 0) is 16.0 Å². The first-order valence-corrected chi connectivity index (χ1v) is 13.5. The summed E-state index contributed by atoms with van der Waals surface area (Å²) in [5, 5.41) is 3.88. The molecule has 37 heavy (non-hydrogen) atoms. The lowest BCUT2D eigenvalue weighted by molar-refractivity contribution is -0.125. The molecule has 1 fully saturated rings. The molecule has 0 spiro atoms. The van der Waals surface area contributed by atoms with E-state index >= 15 is 0 Å². The fraction of sp³-hybridized carbons (Fsp3) is 0.406. The molecule has 3 aromatic rings. The van der Waals surface area contributed by atoms with Crippen LogP contribution in [0.1, 0.15) is 73.6 Å². The Morgan fingerprint density at radius 1 is 1.00 bits per heavy atom. The summed E-state index contributed by atoms with van der Waals surface area (Å²) in [6.07, 6.45) is 7.09. The first-order chi connectivity index (χ1) is 17.9. The van der Waals surface area contributed by atoms with E-state index in [9.17, 15) is 9.59 Å². The highest BCUT2D eigenvalue weighted by Crippen LogP contribution is 2.38. The van der Waals surface area contributed by atoms with Gasteiger partial charge in [0.2, 0.25) is 0 Å². The predicted octanol–water partition coefficient (Wildman–Crippen LogP) is 6.46. The SMILES string of the molecule is CC1CC(=Cc2ccccc2)c2nc3ccccc3c(C(=O)OCC(=O)NC3CCCC(C)C3C)c2C1. The molecule has 2 aliphatic rings. The first kappa shape index (κ1) is 25.2. The normalized spacial score (nSPS) is 24.5. The van der Waals surface area contributed by atoms with Crippen molar-refractivity contribution in [2.45, 2.75) is 58.9 Å². The minimum atomic E-state index is -0.455. The third-order valence-electron chi connectivity index (χ3n) is 8.15. The van der Waals surface area contributed by atoms with Crippen LogP contribution in [0.15, 0.2) is 54.6 Å². The second kappa shape index (κ2) is 10.9. The zero-order valence-electron chi connectivity index (χ0n) is 22.0. The van der Waals surface area contributed by atoms with Crippen LogP contribution in [0.5, 0.6) is 0 Å². The molecule has 1 heterocycles. The van der Waals surface area contributed by atoms with Crippen LogP contribution in [0.3, 0.4) is 0 Å². The molecule has 1 amide bonds. The van der Waals surface area contributed by atoms with Gasteiger partial charge in [-0.1, -0.05) is 82.1 Å². The van der Waals surface area contributed by atoms with Crippen LogP contribution in [0.2, 0.25) is 0 Å². The average molecular weight is 497 g/mol. The number of pyridine rings is 1. The van der Waals surface area contributed by atoms with E-state index in [1.165, 1.54) is 6.42 Å². The van der Waals surface area contributed by atoms with Gasteiger partial charge >= 0.3 is 5.97 Å². The number of ether oxygens (including phenoxy) is 1. The number of aromatic nitrogens is 1. The molecule has 0 saturated heterocycles. The summed E-state index contributed by atoms with van der Waals surface area (Å²) in [7, 11) is 0. The van der Waals surface area contributed by atoms with Gasteiger partial charge in [-0.2, -0.15) is 0 Å². The maximum atomic E-state index is 13.6. The molecule has 4 atom stereocenters. The Hall–Kier alpha value is -3.47. The van der Waals surface area contributed by atoms with Gasteiger partial charge in [0.25, 0.3) is 5.91 Å². The van der Waals surface area contributed by atoms with Gasteiger partial charge in [0.05, 0.1) is 16.8 Å². The van der Waals surface area contributed by atoms with Crippen molar-refractivity contribution in [3.8, 4) is 0 Å². The second-order valence-corrected chi connectivity index (χ2v) is 10.9. The molecule has 2 aromatic carbocycles. The molecule has 192 valence electrons. The summed E-state index contributed by atoms with van der Waals surface area (Å²) >= 11 is 0. The highest BCUT2D eigenvalue weighted by atomic mass is 16.5. The van der Waals surface area contributed by atoms with Crippen molar-refractivity contribution in [1.29, 1.82) is 0 Å². The van der Waals surface area contributed by atoms with Crippen LogP contribution >= 0.6 is 0 Å². The van der Waals surface area contributed by atoms with Gasteiger partial charge in [-0.25, -0.2) is 9.78 Å². The minimum absolute atomic E-state index is 0.135. The molecule has 1 aromatic heterocycles. The van der Waals surface area contributed by atoms with Gasteiger partial charge in [0.1, 0.15) is 0 Å². The van der Waals surface area contributed by atoms with Crippen molar-refractivity contribution in [1.82, 2.24) is 10.3 Å². The van der Waals surface area contributed by atoms with E-state index in [2.05, 4.69) is 44.3 Å². The zero-order valence-corrected chi connectivity index (χ0v) is 22.0.